The van der Waals surface area contributed by atoms with Gasteiger partial charge in [0.25, 0.3) is 0 Å². The molecule has 1 N–H and O–H groups in total. The molecule has 0 aromatic rings. The molecule has 0 aliphatic carbocycles. The first-order valence-electron chi connectivity index (χ1n) is 7.60. The summed E-state index contributed by atoms with van der Waals surface area (Å²) in [6, 6.07) is 0. The maximum Gasteiger partial charge on any atom is 0.0576 e. The third kappa shape index (κ3) is 7.35. The van der Waals surface area contributed by atoms with E-state index < -0.39 is 0 Å². The molecule has 2 heteroatoms. The number of rotatable bonds is 10. The Balaban J connectivity index is 1.83. The molecule has 0 radical (unpaired) electrons. The molecule has 2 atom stereocenters. The summed E-state index contributed by atoms with van der Waals surface area (Å²) in [6.07, 6.45) is 13.2. The zero-order valence-electron chi connectivity index (χ0n) is 11.5. The van der Waals surface area contributed by atoms with Gasteiger partial charge in [0.2, 0.25) is 0 Å². The van der Waals surface area contributed by atoms with E-state index in [1.54, 1.807) is 0 Å². The quantitative estimate of drug-likeness (QED) is 0.576. The van der Waals surface area contributed by atoms with E-state index in [0.29, 0.717) is 5.92 Å². The molecule has 2 unspecified atom stereocenters. The zero-order valence-corrected chi connectivity index (χ0v) is 12.3. The van der Waals surface area contributed by atoms with Crippen LogP contribution in [0.3, 0.4) is 0 Å². The van der Waals surface area contributed by atoms with Crippen LogP contribution in [0, 0.1) is 5.92 Å². The molecule has 0 spiro atoms. The average Bonchev–Trinajstić information content (AvgIpc) is 2.86. The van der Waals surface area contributed by atoms with Crippen molar-refractivity contribution in [3.8, 4) is 0 Å². The van der Waals surface area contributed by atoms with Gasteiger partial charge in [0, 0.05) is 0 Å². The molecule has 1 fully saturated rings. The van der Waals surface area contributed by atoms with Crippen LogP contribution in [0.5, 0.6) is 0 Å². The first kappa shape index (κ1) is 15.4. The molecule has 0 bridgehead atoms. The molecule has 102 valence electrons. The summed E-state index contributed by atoms with van der Waals surface area (Å²) in [5.41, 5.74) is 0. The molecule has 0 aromatic heterocycles. The van der Waals surface area contributed by atoms with Gasteiger partial charge in [0.15, 0.2) is 0 Å². The minimum absolute atomic E-state index is 0.00917. The van der Waals surface area contributed by atoms with Crippen LogP contribution in [0.15, 0.2) is 0 Å². The third-order valence-electron chi connectivity index (χ3n) is 3.86. The lowest BCUT2D eigenvalue weighted by Crippen LogP contribution is -2.19. The van der Waals surface area contributed by atoms with Crippen LogP contribution in [0.25, 0.3) is 0 Å². The van der Waals surface area contributed by atoms with Crippen LogP contribution >= 0.6 is 11.8 Å². The molecule has 0 aromatic carbocycles. The highest BCUT2D eigenvalue weighted by Gasteiger charge is 2.22. The standard InChI is InChI=1S/C15H30OS/c1-2-3-4-5-6-7-8-9-10-15(16)14-11-12-17-13-14/h14-16H,2-13H2,1H3. The number of hydrogen-bond acceptors (Lipinski definition) is 2. The summed E-state index contributed by atoms with van der Waals surface area (Å²) in [6.45, 7) is 2.27. The zero-order chi connectivity index (χ0) is 12.3. The number of aliphatic hydroxyl groups excluding tert-OH is 1. The van der Waals surface area contributed by atoms with Crippen molar-refractivity contribution in [1.29, 1.82) is 0 Å². The molecule has 1 aliphatic heterocycles. The van der Waals surface area contributed by atoms with E-state index in [0.717, 1.165) is 6.42 Å². The first-order chi connectivity index (χ1) is 8.34. The van der Waals surface area contributed by atoms with Crippen molar-refractivity contribution >= 4 is 11.8 Å². The fraction of sp³-hybridized carbons (Fsp3) is 1.00. The molecule has 1 heterocycles. The van der Waals surface area contributed by atoms with Gasteiger partial charge in [-0.3, -0.25) is 0 Å². The third-order valence-corrected chi connectivity index (χ3v) is 5.05. The number of unbranched alkanes of at least 4 members (excludes halogenated alkanes) is 7. The van der Waals surface area contributed by atoms with Gasteiger partial charge < -0.3 is 5.11 Å². The topological polar surface area (TPSA) is 20.2 Å². The molecule has 1 rings (SSSR count). The average molecular weight is 258 g/mol. The largest absolute Gasteiger partial charge is 0.393 e. The Morgan fingerprint density at radius 2 is 1.71 bits per heavy atom. The normalized spacial score (nSPS) is 21.9. The molecular formula is C15H30OS. The van der Waals surface area contributed by atoms with Crippen LogP contribution in [0.2, 0.25) is 0 Å². The van der Waals surface area contributed by atoms with Gasteiger partial charge in [-0.05, 0) is 30.3 Å². The Labute approximate surface area is 112 Å². The Morgan fingerprint density at radius 1 is 1.06 bits per heavy atom. The summed E-state index contributed by atoms with van der Waals surface area (Å²) in [4.78, 5) is 0. The second kappa shape index (κ2) is 10.3. The van der Waals surface area contributed by atoms with Crippen molar-refractivity contribution in [3.63, 3.8) is 0 Å². The van der Waals surface area contributed by atoms with Crippen LogP contribution in [0.1, 0.15) is 71.1 Å². The maximum atomic E-state index is 10.0. The van der Waals surface area contributed by atoms with E-state index in [2.05, 4.69) is 6.92 Å². The van der Waals surface area contributed by atoms with Crippen LogP contribution in [-0.4, -0.2) is 22.7 Å². The summed E-state index contributed by atoms with van der Waals surface area (Å²) >= 11 is 2.01. The SMILES string of the molecule is CCCCCCCCCCC(O)C1CCSC1. The van der Waals surface area contributed by atoms with Crippen molar-refractivity contribution < 1.29 is 5.11 Å². The predicted molar refractivity (Wildman–Crippen MR) is 78.7 cm³/mol. The summed E-state index contributed by atoms with van der Waals surface area (Å²) in [7, 11) is 0. The fourth-order valence-electron chi connectivity index (χ4n) is 2.58. The smallest absolute Gasteiger partial charge is 0.0576 e. The lowest BCUT2D eigenvalue weighted by molar-refractivity contribution is 0.108. The van der Waals surface area contributed by atoms with E-state index in [4.69, 9.17) is 0 Å². The van der Waals surface area contributed by atoms with Gasteiger partial charge in [0.1, 0.15) is 0 Å². The lowest BCUT2D eigenvalue weighted by atomic mass is 9.96. The van der Waals surface area contributed by atoms with Gasteiger partial charge in [0.05, 0.1) is 6.10 Å². The molecule has 0 saturated carbocycles. The summed E-state index contributed by atoms with van der Waals surface area (Å²) in [5, 5.41) is 10.0. The van der Waals surface area contributed by atoms with Crippen molar-refractivity contribution in [1.82, 2.24) is 0 Å². The highest BCUT2D eigenvalue weighted by atomic mass is 32.2. The molecule has 1 saturated heterocycles. The van der Waals surface area contributed by atoms with E-state index in [-0.39, 0.29) is 6.10 Å². The van der Waals surface area contributed by atoms with Crippen LogP contribution < -0.4 is 0 Å². The van der Waals surface area contributed by atoms with Crippen LogP contribution in [-0.2, 0) is 0 Å². The van der Waals surface area contributed by atoms with Gasteiger partial charge in [-0.1, -0.05) is 58.3 Å². The Hall–Kier alpha value is 0.310. The first-order valence-corrected chi connectivity index (χ1v) is 8.76. The Bertz CT molecular complexity index is 166. The number of thioether (sulfide) groups is 1. The van der Waals surface area contributed by atoms with Gasteiger partial charge >= 0.3 is 0 Å². The second-order valence-corrected chi connectivity index (χ2v) is 6.60. The van der Waals surface area contributed by atoms with Gasteiger partial charge in [-0.15, -0.1) is 0 Å². The highest BCUT2D eigenvalue weighted by molar-refractivity contribution is 7.99. The highest BCUT2D eigenvalue weighted by Crippen LogP contribution is 2.28. The fourth-order valence-corrected chi connectivity index (χ4v) is 3.91. The number of aliphatic hydroxyl groups is 1. The van der Waals surface area contributed by atoms with Gasteiger partial charge in [-0.2, -0.15) is 11.8 Å². The Morgan fingerprint density at radius 3 is 2.29 bits per heavy atom. The molecule has 1 aliphatic rings. The van der Waals surface area contributed by atoms with Gasteiger partial charge in [-0.25, -0.2) is 0 Å². The molecule has 17 heavy (non-hydrogen) atoms. The molecular weight excluding hydrogens is 228 g/mol. The van der Waals surface area contributed by atoms with E-state index in [1.807, 2.05) is 11.8 Å². The van der Waals surface area contributed by atoms with Crippen molar-refractivity contribution in [2.24, 2.45) is 5.92 Å². The minimum Gasteiger partial charge on any atom is -0.393 e. The molecule has 0 amide bonds. The Kier molecular flexibility index (Phi) is 9.27. The minimum atomic E-state index is -0.00917. The van der Waals surface area contributed by atoms with E-state index in [1.165, 1.54) is 69.3 Å². The van der Waals surface area contributed by atoms with E-state index in [9.17, 15) is 5.11 Å². The maximum absolute atomic E-state index is 10.0. The second-order valence-electron chi connectivity index (χ2n) is 5.45. The van der Waals surface area contributed by atoms with Crippen LogP contribution in [0.4, 0.5) is 0 Å². The monoisotopic (exact) mass is 258 g/mol. The molecule has 1 nitrogen and oxygen atoms in total. The summed E-state index contributed by atoms with van der Waals surface area (Å²) in [5.74, 6) is 3.06. The number of hydrogen-bond donors (Lipinski definition) is 1. The van der Waals surface area contributed by atoms with Crippen molar-refractivity contribution in [2.75, 3.05) is 11.5 Å². The summed E-state index contributed by atoms with van der Waals surface area (Å²) < 4.78 is 0. The van der Waals surface area contributed by atoms with Crippen molar-refractivity contribution in [3.05, 3.63) is 0 Å². The van der Waals surface area contributed by atoms with Crippen molar-refractivity contribution in [2.45, 2.75) is 77.2 Å². The predicted octanol–water partition coefficient (Wildman–Crippen LogP) is 4.63. The lowest BCUT2D eigenvalue weighted by Gasteiger charge is -2.16. The van der Waals surface area contributed by atoms with E-state index >= 15 is 0 Å².